The molecule has 0 radical (unpaired) electrons. The maximum absolute atomic E-state index is 9.27. The largest absolute Gasteiger partial charge is 0.496 e. The molecule has 0 amide bonds. The molecule has 5 heteroatoms. The number of nitrogens with one attached hydrogen (secondary N) is 1. The number of ether oxygens (including phenoxy) is 1. The normalized spacial score (nSPS) is 12.3. The van der Waals surface area contributed by atoms with Crippen molar-refractivity contribution in [3.8, 4) is 5.75 Å². The first-order valence-electron chi connectivity index (χ1n) is 4.48. The van der Waals surface area contributed by atoms with E-state index in [0.717, 1.165) is 15.0 Å². The van der Waals surface area contributed by atoms with E-state index in [9.17, 15) is 5.11 Å². The van der Waals surface area contributed by atoms with Gasteiger partial charge < -0.3 is 15.2 Å². The van der Waals surface area contributed by atoms with Gasteiger partial charge in [-0.25, -0.2) is 0 Å². The van der Waals surface area contributed by atoms with E-state index in [1.54, 1.807) is 7.11 Å². The zero-order chi connectivity index (χ0) is 11.3. The second kappa shape index (κ2) is 6.40. The van der Waals surface area contributed by atoms with Gasteiger partial charge in [-0.15, -0.1) is 11.6 Å². The van der Waals surface area contributed by atoms with Crippen molar-refractivity contribution >= 4 is 39.9 Å². The third-order valence-corrected chi connectivity index (χ3v) is 3.12. The molecule has 1 aromatic carbocycles. The molecule has 3 nitrogen and oxygen atoms in total. The molecule has 1 unspecified atom stereocenters. The lowest BCUT2D eigenvalue weighted by Crippen LogP contribution is -2.20. The smallest absolute Gasteiger partial charge is 0.134 e. The van der Waals surface area contributed by atoms with Crippen molar-refractivity contribution in [2.75, 3.05) is 24.9 Å². The summed E-state index contributed by atoms with van der Waals surface area (Å²) in [6, 6.07) is 5.78. The number of halogens is 2. The topological polar surface area (TPSA) is 41.5 Å². The summed E-state index contributed by atoms with van der Waals surface area (Å²) in [6.45, 7) is 0.438. The average Bonchev–Trinajstić information content (AvgIpc) is 2.27. The molecule has 1 aromatic rings. The predicted molar refractivity (Wildman–Crippen MR) is 70.9 cm³/mol. The van der Waals surface area contributed by atoms with Crippen molar-refractivity contribution in [2.24, 2.45) is 0 Å². The first-order valence-corrected chi connectivity index (χ1v) is 6.10. The van der Waals surface area contributed by atoms with Crippen molar-refractivity contribution < 1.29 is 9.84 Å². The van der Waals surface area contributed by atoms with Crippen molar-refractivity contribution in [3.05, 3.63) is 21.8 Å². The van der Waals surface area contributed by atoms with Crippen LogP contribution < -0.4 is 10.1 Å². The number of aliphatic hydroxyl groups is 1. The lowest BCUT2D eigenvalue weighted by Gasteiger charge is -2.11. The summed E-state index contributed by atoms with van der Waals surface area (Å²) in [5.41, 5.74) is 0.913. The number of anilines is 1. The molecule has 0 saturated heterocycles. The second-order valence-corrected chi connectivity index (χ2v) is 4.51. The number of rotatable bonds is 5. The monoisotopic (exact) mass is 341 g/mol. The van der Waals surface area contributed by atoms with Crippen LogP contribution >= 0.6 is 34.2 Å². The number of alkyl halides is 1. The molecule has 1 atom stereocenters. The highest BCUT2D eigenvalue weighted by molar-refractivity contribution is 14.1. The van der Waals surface area contributed by atoms with Crippen LogP contribution in [0.4, 0.5) is 5.69 Å². The first kappa shape index (κ1) is 12.9. The highest BCUT2D eigenvalue weighted by Crippen LogP contribution is 2.24. The summed E-state index contributed by atoms with van der Waals surface area (Å²) in [7, 11) is 1.63. The van der Waals surface area contributed by atoms with Gasteiger partial charge in [0, 0.05) is 18.3 Å². The molecule has 1 rings (SSSR count). The van der Waals surface area contributed by atoms with E-state index in [1.807, 2.05) is 18.2 Å². The minimum Gasteiger partial charge on any atom is -0.496 e. The molecule has 0 aliphatic rings. The molecule has 0 aromatic heterocycles. The van der Waals surface area contributed by atoms with Crippen LogP contribution in [0.5, 0.6) is 5.75 Å². The van der Waals surface area contributed by atoms with Gasteiger partial charge in [-0.05, 0) is 34.7 Å². The maximum Gasteiger partial charge on any atom is 0.134 e. The predicted octanol–water partition coefficient (Wildman–Crippen LogP) is 2.31. The van der Waals surface area contributed by atoms with Gasteiger partial charge in [0.15, 0.2) is 0 Å². The van der Waals surface area contributed by atoms with Crippen molar-refractivity contribution in [1.29, 1.82) is 0 Å². The Balaban J connectivity index is 2.62. The highest BCUT2D eigenvalue weighted by Gasteiger charge is 2.04. The number of aliphatic hydroxyl groups excluding tert-OH is 1. The van der Waals surface area contributed by atoms with Gasteiger partial charge in [0.1, 0.15) is 5.75 Å². The molecular formula is C10H13ClINO2. The molecule has 15 heavy (non-hydrogen) atoms. The van der Waals surface area contributed by atoms with Crippen molar-refractivity contribution in [1.82, 2.24) is 0 Å². The van der Waals surface area contributed by atoms with E-state index < -0.39 is 6.10 Å². The zero-order valence-electron chi connectivity index (χ0n) is 8.34. The van der Waals surface area contributed by atoms with Crippen LogP contribution in [0.2, 0.25) is 0 Å². The Kier molecular flexibility index (Phi) is 5.49. The van der Waals surface area contributed by atoms with Crippen LogP contribution in [0.1, 0.15) is 0 Å². The standard InChI is InChI=1S/C10H13ClINO2/c1-15-10-4-7(2-3-9(10)12)13-6-8(14)5-11/h2-4,8,13-14H,5-6H2,1H3. The summed E-state index contributed by atoms with van der Waals surface area (Å²) < 4.78 is 6.24. The van der Waals surface area contributed by atoms with E-state index in [4.69, 9.17) is 16.3 Å². The van der Waals surface area contributed by atoms with Crippen molar-refractivity contribution in [2.45, 2.75) is 6.10 Å². The van der Waals surface area contributed by atoms with Crippen LogP contribution in [0, 0.1) is 3.57 Å². The first-order chi connectivity index (χ1) is 7.17. The van der Waals surface area contributed by atoms with Crippen LogP contribution in [-0.4, -0.2) is 30.7 Å². The van der Waals surface area contributed by atoms with Crippen LogP contribution in [0.15, 0.2) is 18.2 Å². The molecule has 0 fully saturated rings. The van der Waals surface area contributed by atoms with E-state index in [-0.39, 0.29) is 5.88 Å². The molecule has 0 bridgehead atoms. The van der Waals surface area contributed by atoms with E-state index in [1.165, 1.54) is 0 Å². The molecule has 2 N–H and O–H groups in total. The summed E-state index contributed by atoms with van der Waals surface area (Å²) in [6.07, 6.45) is -0.531. The summed E-state index contributed by atoms with van der Waals surface area (Å²) in [5.74, 6) is 1.05. The molecule has 0 spiro atoms. The van der Waals surface area contributed by atoms with Gasteiger partial charge in [-0.3, -0.25) is 0 Å². The van der Waals surface area contributed by atoms with Gasteiger partial charge in [0.05, 0.1) is 22.7 Å². The Bertz CT molecular complexity index is 322. The third kappa shape index (κ3) is 4.04. The number of benzene rings is 1. The fourth-order valence-electron chi connectivity index (χ4n) is 1.06. The summed E-state index contributed by atoms with van der Waals surface area (Å²) in [5, 5.41) is 12.4. The summed E-state index contributed by atoms with van der Waals surface area (Å²) >= 11 is 7.69. The van der Waals surface area contributed by atoms with Crippen LogP contribution in [-0.2, 0) is 0 Å². The fraction of sp³-hybridized carbons (Fsp3) is 0.400. The molecule has 0 aliphatic heterocycles. The van der Waals surface area contributed by atoms with Gasteiger partial charge >= 0.3 is 0 Å². The lowest BCUT2D eigenvalue weighted by molar-refractivity contribution is 0.211. The fourth-order valence-corrected chi connectivity index (χ4v) is 1.72. The SMILES string of the molecule is COc1cc(NCC(O)CCl)ccc1I. The van der Waals surface area contributed by atoms with Crippen molar-refractivity contribution in [3.63, 3.8) is 0 Å². The average molecular weight is 342 g/mol. The quantitative estimate of drug-likeness (QED) is 0.638. The molecule has 84 valence electrons. The highest BCUT2D eigenvalue weighted by atomic mass is 127. The Morgan fingerprint density at radius 2 is 2.33 bits per heavy atom. The van der Waals surface area contributed by atoms with Crippen LogP contribution in [0.3, 0.4) is 0 Å². The minimum atomic E-state index is -0.531. The molecule has 0 saturated carbocycles. The van der Waals surface area contributed by atoms with Gasteiger partial charge in [-0.1, -0.05) is 0 Å². The summed E-state index contributed by atoms with van der Waals surface area (Å²) in [4.78, 5) is 0. The Labute approximate surface area is 108 Å². The molecule has 0 aliphatic carbocycles. The van der Waals surface area contributed by atoms with Gasteiger partial charge in [0.25, 0.3) is 0 Å². The Morgan fingerprint density at radius 1 is 1.60 bits per heavy atom. The number of hydrogen-bond acceptors (Lipinski definition) is 3. The van der Waals surface area contributed by atoms with E-state index >= 15 is 0 Å². The van der Waals surface area contributed by atoms with Crippen LogP contribution in [0.25, 0.3) is 0 Å². The third-order valence-electron chi connectivity index (χ3n) is 1.87. The van der Waals surface area contributed by atoms with E-state index in [2.05, 4.69) is 27.9 Å². The van der Waals surface area contributed by atoms with Gasteiger partial charge in [-0.2, -0.15) is 0 Å². The Morgan fingerprint density at radius 3 is 2.93 bits per heavy atom. The lowest BCUT2D eigenvalue weighted by atomic mass is 10.3. The second-order valence-electron chi connectivity index (χ2n) is 3.04. The number of methoxy groups -OCH3 is 1. The molecule has 0 heterocycles. The molecular weight excluding hydrogens is 328 g/mol. The zero-order valence-corrected chi connectivity index (χ0v) is 11.2. The van der Waals surface area contributed by atoms with E-state index in [0.29, 0.717) is 6.54 Å². The Hall–Kier alpha value is -0.200. The number of hydrogen-bond donors (Lipinski definition) is 2. The maximum atomic E-state index is 9.27. The van der Waals surface area contributed by atoms with Gasteiger partial charge in [0.2, 0.25) is 0 Å². The minimum absolute atomic E-state index is 0.231.